The van der Waals surface area contributed by atoms with Crippen LogP contribution in [0.4, 0.5) is 5.13 Å². The Balaban J connectivity index is 1.90. The van der Waals surface area contributed by atoms with Crippen LogP contribution >= 0.6 is 22.7 Å². The van der Waals surface area contributed by atoms with Crippen molar-refractivity contribution in [3.8, 4) is 11.5 Å². The molecule has 2 aromatic heterocycles. The molecule has 39 heavy (non-hydrogen) atoms. The fraction of sp³-hybridized carbons (Fsp3) is 0.370. The highest BCUT2D eigenvalue weighted by molar-refractivity contribution is 7.17. The predicted molar refractivity (Wildman–Crippen MR) is 147 cm³/mol. The molecular formula is C27H29N3O7S2. The summed E-state index contributed by atoms with van der Waals surface area (Å²) in [6.07, 6.45) is 0.799. The Bertz CT molecular complexity index is 1470. The summed E-state index contributed by atoms with van der Waals surface area (Å²) in [6.45, 7) is 9.78. The minimum absolute atomic E-state index is 0.108. The number of aliphatic hydroxyl groups is 1. The molecule has 10 nitrogen and oxygen atoms in total. The van der Waals surface area contributed by atoms with E-state index in [2.05, 4.69) is 9.97 Å². The van der Waals surface area contributed by atoms with E-state index in [0.29, 0.717) is 51.5 Å². The van der Waals surface area contributed by atoms with Gasteiger partial charge in [-0.25, -0.2) is 14.8 Å². The van der Waals surface area contributed by atoms with E-state index in [1.54, 1.807) is 39.0 Å². The molecular weight excluding hydrogens is 542 g/mol. The van der Waals surface area contributed by atoms with Crippen LogP contribution in [0.2, 0.25) is 0 Å². The molecule has 3 heterocycles. The maximum Gasteiger partial charge on any atom is 0.350 e. The zero-order valence-corrected chi connectivity index (χ0v) is 24.1. The third-order valence-corrected chi connectivity index (χ3v) is 8.18. The number of hydrogen-bond acceptors (Lipinski definition) is 11. The number of hydrogen-bond donors (Lipinski definition) is 1. The number of aryl methyl sites for hydroxylation is 3. The van der Waals surface area contributed by atoms with Crippen molar-refractivity contribution in [1.29, 1.82) is 0 Å². The molecule has 1 unspecified atom stereocenters. The Hall–Kier alpha value is -3.77. The zero-order chi connectivity index (χ0) is 28.4. The van der Waals surface area contributed by atoms with Gasteiger partial charge in [-0.2, -0.15) is 0 Å². The Labute approximate surface area is 233 Å². The highest BCUT2D eigenvalue weighted by Crippen LogP contribution is 2.46. The van der Waals surface area contributed by atoms with Gasteiger partial charge >= 0.3 is 5.97 Å². The molecule has 12 heteroatoms. The number of esters is 1. The first kappa shape index (κ1) is 28.2. The molecule has 1 aliphatic rings. The van der Waals surface area contributed by atoms with E-state index >= 15 is 0 Å². The Morgan fingerprint density at radius 3 is 2.36 bits per heavy atom. The zero-order valence-electron chi connectivity index (χ0n) is 22.5. The van der Waals surface area contributed by atoms with E-state index in [9.17, 15) is 19.5 Å². The predicted octanol–water partition coefficient (Wildman–Crippen LogP) is 5.28. The van der Waals surface area contributed by atoms with Crippen LogP contribution in [0.25, 0.3) is 0 Å². The van der Waals surface area contributed by atoms with Gasteiger partial charge in [0.15, 0.2) is 22.4 Å². The highest BCUT2D eigenvalue weighted by atomic mass is 32.1. The van der Waals surface area contributed by atoms with Gasteiger partial charge in [-0.15, -0.1) is 11.3 Å². The Kier molecular flexibility index (Phi) is 8.36. The van der Waals surface area contributed by atoms with Crippen molar-refractivity contribution in [3.05, 3.63) is 61.2 Å². The number of amides is 1. The van der Waals surface area contributed by atoms with Crippen molar-refractivity contribution < 1.29 is 33.7 Å². The van der Waals surface area contributed by atoms with E-state index in [4.69, 9.17) is 14.2 Å². The van der Waals surface area contributed by atoms with Crippen LogP contribution in [-0.4, -0.2) is 53.1 Å². The van der Waals surface area contributed by atoms with Gasteiger partial charge < -0.3 is 19.3 Å². The summed E-state index contributed by atoms with van der Waals surface area (Å²) in [6, 6.07) is 4.07. The quantitative estimate of drug-likeness (QED) is 0.255. The van der Waals surface area contributed by atoms with Crippen LogP contribution < -0.4 is 14.4 Å². The fourth-order valence-corrected chi connectivity index (χ4v) is 6.16. The summed E-state index contributed by atoms with van der Waals surface area (Å²) in [5.74, 6) is -1.65. The lowest BCUT2D eigenvalue weighted by atomic mass is 9.95. The summed E-state index contributed by atoms with van der Waals surface area (Å²) in [5, 5.41) is 11.9. The van der Waals surface area contributed by atoms with Gasteiger partial charge in [-0.1, -0.05) is 24.3 Å². The second kappa shape index (κ2) is 11.5. The molecule has 1 amide bonds. The number of carbonyl (C=O) groups is 3. The minimum atomic E-state index is -1.05. The molecule has 0 bridgehead atoms. The van der Waals surface area contributed by atoms with Crippen molar-refractivity contribution in [2.75, 3.05) is 25.2 Å². The average molecular weight is 572 g/mol. The van der Waals surface area contributed by atoms with Gasteiger partial charge in [0.1, 0.15) is 4.88 Å². The summed E-state index contributed by atoms with van der Waals surface area (Å²) in [7, 11) is 1.26. The maximum absolute atomic E-state index is 13.9. The number of aliphatic hydroxyl groups excluding tert-OH is 1. The number of rotatable bonds is 10. The summed E-state index contributed by atoms with van der Waals surface area (Å²) in [5.41, 5.74) is 1.25. The van der Waals surface area contributed by atoms with E-state index in [1.165, 1.54) is 23.3 Å². The molecule has 1 aliphatic heterocycles. The summed E-state index contributed by atoms with van der Waals surface area (Å²) in [4.78, 5) is 50.3. The lowest BCUT2D eigenvalue weighted by Crippen LogP contribution is -2.31. The van der Waals surface area contributed by atoms with Crippen molar-refractivity contribution in [2.45, 2.75) is 47.1 Å². The molecule has 4 rings (SSSR count). The number of carbonyl (C=O) groups excluding carboxylic acids is 3. The largest absolute Gasteiger partial charge is 0.503 e. The number of nitrogens with zero attached hydrogens (tertiary/aromatic N) is 3. The molecule has 0 spiro atoms. The maximum atomic E-state index is 13.9. The topological polar surface area (TPSA) is 128 Å². The molecule has 1 N–H and O–H groups in total. The lowest BCUT2D eigenvalue weighted by Gasteiger charge is -2.25. The van der Waals surface area contributed by atoms with E-state index in [1.807, 2.05) is 13.8 Å². The smallest absolute Gasteiger partial charge is 0.350 e. The standard InChI is InChI=1S/C27H29N3O7S2/c1-7-11-37-17-10-9-16(12-18(17)36-8-2)20-19(21(31)23-13(3)28-15(5)38-23)22(32)25(33)30(20)27-29-14(4)24(39-27)26(34)35-6/h9-10,12,20,32H,7-8,11H2,1-6H3. The molecule has 0 fully saturated rings. The number of thiazole rings is 2. The normalized spacial score (nSPS) is 15.2. The van der Waals surface area contributed by atoms with Crippen LogP contribution in [0.15, 0.2) is 29.5 Å². The van der Waals surface area contributed by atoms with Gasteiger partial charge in [-0.05, 0) is 51.8 Å². The SMILES string of the molecule is CCCOc1ccc(C2C(C(=O)c3sc(C)nc3C)=C(O)C(=O)N2c2nc(C)c(C(=O)OC)s2)cc1OCC. The number of Topliss-reactive ketones (excluding diaryl/α,β-unsaturated/α-hetero) is 1. The first-order valence-corrected chi connectivity index (χ1v) is 14.0. The molecule has 0 saturated carbocycles. The van der Waals surface area contributed by atoms with Gasteiger partial charge in [0.25, 0.3) is 5.91 Å². The summed E-state index contributed by atoms with van der Waals surface area (Å²) >= 11 is 2.13. The number of benzene rings is 1. The van der Waals surface area contributed by atoms with Gasteiger partial charge in [0.2, 0.25) is 5.78 Å². The number of anilines is 1. The van der Waals surface area contributed by atoms with Crippen LogP contribution in [-0.2, 0) is 9.53 Å². The van der Waals surface area contributed by atoms with Crippen molar-refractivity contribution >= 4 is 45.5 Å². The van der Waals surface area contributed by atoms with E-state index in [0.717, 1.165) is 17.8 Å². The fourth-order valence-electron chi connectivity index (χ4n) is 4.28. The van der Waals surface area contributed by atoms with Gasteiger partial charge in [-0.3, -0.25) is 14.5 Å². The molecule has 0 radical (unpaired) electrons. The third-order valence-electron chi connectivity index (χ3n) is 5.97. The van der Waals surface area contributed by atoms with Crippen molar-refractivity contribution in [2.24, 2.45) is 0 Å². The molecule has 1 atom stereocenters. The van der Waals surface area contributed by atoms with Crippen molar-refractivity contribution in [1.82, 2.24) is 9.97 Å². The van der Waals surface area contributed by atoms with Crippen LogP contribution in [0.1, 0.15) is 67.6 Å². The molecule has 3 aromatic rings. The highest BCUT2D eigenvalue weighted by Gasteiger charge is 2.47. The Morgan fingerprint density at radius 2 is 1.74 bits per heavy atom. The number of ether oxygens (including phenoxy) is 3. The molecule has 1 aromatic carbocycles. The van der Waals surface area contributed by atoms with Gasteiger partial charge in [0, 0.05) is 0 Å². The van der Waals surface area contributed by atoms with Gasteiger partial charge in [0.05, 0.1) is 53.2 Å². The second-order valence-corrected chi connectivity index (χ2v) is 10.9. The number of aromatic nitrogens is 2. The second-order valence-electron chi connectivity index (χ2n) is 8.71. The summed E-state index contributed by atoms with van der Waals surface area (Å²) < 4.78 is 16.5. The van der Waals surface area contributed by atoms with Crippen LogP contribution in [0.3, 0.4) is 0 Å². The van der Waals surface area contributed by atoms with E-state index in [-0.39, 0.29) is 15.6 Å². The lowest BCUT2D eigenvalue weighted by molar-refractivity contribution is -0.117. The first-order valence-electron chi connectivity index (χ1n) is 12.3. The van der Waals surface area contributed by atoms with Crippen molar-refractivity contribution in [3.63, 3.8) is 0 Å². The minimum Gasteiger partial charge on any atom is -0.503 e. The number of ketones is 1. The Morgan fingerprint density at radius 1 is 1.03 bits per heavy atom. The third kappa shape index (κ3) is 5.26. The molecule has 206 valence electrons. The monoisotopic (exact) mass is 571 g/mol. The molecule has 0 aliphatic carbocycles. The van der Waals surface area contributed by atoms with Crippen LogP contribution in [0.5, 0.6) is 11.5 Å². The van der Waals surface area contributed by atoms with Crippen LogP contribution in [0, 0.1) is 20.8 Å². The first-order chi connectivity index (χ1) is 18.6. The molecule has 0 saturated heterocycles. The average Bonchev–Trinajstić information content (AvgIpc) is 3.54. The number of methoxy groups -OCH3 is 1. The van der Waals surface area contributed by atoms with E-state index < -0.39 is 29.5 Å².